The molecule has 0 aliphatic rings. The van der Waals surface area contributed by atoms with Gasteiger partial charge in [-0.05, 0) is 67.4 Å². The van der Waals surface area contributed by atoms with E-state index < -0.39 is 0 Å². The van der Waals surface area contributed by atoms with E-state index in [-0.39, 0.29) is 5.75 Å². The number of benzene rings is 4. The van der Waals surface area contributed by atoms with Crippen LogP contribution in [0.25, 0.3) is 44.0 Å². The summed E-state index contributed by atoms with van der Waals surface area (Å²) in [4.78, 5) is 9.77. The van der Waals surface area contributed by atoms with Gasteiger partial charge >= 0.3 is 0 Å². The Bertz CT molecular complexity index is 1460. The first kappa shape index (κ1) is 18.2. The number of aromatic nitrogens is 2. The van der Waals surface area contributed by atoms with Crippen LogP contribution in [0, 0.1) is 13.8 Å². The van der Waals surface area contributed by atoms with Crippen molar-refractivity contribution in [3.05, 3.63) is 75.8 Å². The number of fused-ring (bicyclic) bond motifs is 4. The van der Waals surface area contributed by atoms with Crippen LogP contribution in [0.3, 0.4) is 0 Å². The minimum Gasteiger partial charge on any atom is -0.507 e. The first-order chi connectivity index (χ1) is 13.9. The van der Waals surface area contributed by atoms with Crippen LogP contribution < -0.4 is 0 Å². The van der Waals surface area contributed by atoms with Crippen molar-refractivity contribution >= 4 is 56.0 Å². The molecule has 0 unspecified atom stereocenters. The molecule has 29 heavy (non-hydrogen) atoms. The molecule has 0 atom stereocenters. The second-order valence-corrected chi connectivity index (χ2v) is 8.08. The maximum Gasteiger partial charge on any atom is 0.133 e. The van der Waals surface area contributed by atoms with E-state index in [0.29, 0.717) is 26.7 Å². The van der Waals surface area contributed by atoms with Crippen LogP contribution in [-0.2, 0) is 0 Å². The molecule has 0 aliphatic carbocycles. The molecule has 5 heteroatoms. The summed E-state index contributed by atoms with van der Waals surface area (Å²) in [5.74, 6) is 0.129. The molecule has 1 aromatic heterocycles. The van der Waals surface area contributed by atoms with Gasteiger partial charge in [0.2, 0.25) is 0 Å². The van der Waals surface area contributed by atoms with Gasteiger partial charge < -0.3 is 5.11 Å². The van der Waals surface area contributed by atoms with Gasteiger partial charge in [0.1, 0.15) is 11.3 Å². The first-order valence-corrected chi connectivity index (χ1v) is 9.97. The molecule has 0 radical (unpaired) electrons. The molecule has 4 aromatic carbocycles. The highest BCUT2D eigenvalue weighted by Crippen LogP contribution is 2.45. The molecule has 142 valence electrons. The van der Waals surface area contributed by atoms with E-state index in [1.807, 2.05) is 44.2 Å². The van der Waals surface area contributed by atoms with E-state index in [0.717, 1.165) is 38.4 Å². The molecular weight excluding hydrogens is 403 g/mol. The number of rotatable bonds is 1. The topological polar surface area (TPSA) is 46.0 Å². The average molecular weight is 419 g/mol. The maximum atomic E-state index is 11.3. The van der Waals surface area contributed by atoms with Gasteiger partial charge in [0, 0.05) is 26.4 Å². The van der Waals surface area contributed by atoms with Gasteiger partial charge in [-0.1, -0.05) is 35.3 Å². The van der Waals surface area contributed by atoms with Crippen LogP contribution in [-0.4, -0.2) is 15.1 Å². The molecule has 0 saturated heterocycles. The van der Waals surface area contributed by atoms with E-state index >= 15 is 0 Å². The molecule has 5 aromatic rings. The van der Waals surface area contributed by atoms with Crippen LogP contribution in [0.15, 0.2) is 54.6 Å². The predicted octanol–water partition coefficient (Wildman–Crippen LogP) is 7.23. The van der Waals surface area contributed by atoms with Crippen molar-refractivity contribution in [2.75, 3.05) is 0 Å². The van der Waals surface area contributed by atoms with Crippen molar-refractivity contribution < 1.29 is 5.11 Å². The molecule has 0 amide bonds. The summed E-state index contributed by atoms with van der Waals surface area (Å²) in [5.41, 5.74) is 6.26. The molecule has 0 saturated carbocycles. The van der Waals surface area contributed by atoms with Gasteiger partial charge in [0.15, 0.2) is 0 Å². The molecule has 0 aliphatic heterocycles. The summed E-state index contributed by atoms with van der Waals surface area (Å²) in [6.45, 7) is 4.07. The Morgan fingerprint density at radius 2 is 1.38 bits per heavy atom. The lowest BCUT2D eigenvalue weighted by Crippen LogP contribution is -1.95. The standard InChI is InChI=1S/C24H16Cl2N2O/c1-12-9-15-16(10-13(12)2)24(29)21(17-11-14(25)7-8-18(17)26)23-22(15)27-19-5-3-4-6-20(19)28-23/h3-11,29H,1-2H3. The number of halogens is 2. The van der Waals surface area contributed by atoms with Crippen LogP contribution in [0.1, 0.15) is 11.1 Å². The monoisotopic (exact) mass is 418 g/mol. The molecule has 1 heterocycles. The quantitative estimate of drug-likeness (QED) is 0.230. The summed E-state index contributed by atoms with van der Waals surface area (Å²) >= 11 is 12.8. The van der Waals surface area contributed by atoms with Crippen LogP contribution in [0.4, 0.5) is 0 Å². The Morgan fingerprint density at radius 1 is 0.759 bits per heavy atom. The Balaban J connectivity index is 2.07. The van der Waals surface area contributed by atoms with Crippen molar-refractivity contribution in [1.29, 1.82) is 0 Å². The van der Waals surface area contributed by atoms with Gasteiger partial charge in [-0.3, -0.25) is 0 Å². The molecule has 0 bridgehead atoms. The van der Waals surface area contributed by atoms with Crippen molar-refractivity contribution in [1.82, 2.24) is 9.97 Å². The number of aromatic hydroxyl groups is 1. The fourth-order valence-electron chi connectivity index (χ4n) is 3.76. The van der Waals surface area contributed by atoms with Crippen molar-refractivity contribution in [2.24, 2.45) is 0 Å². The van der Waals surface area contributed by atoms with Gasteiger partial charge in [-0.25, -0.2) is 9.97 Å². The fourth-order valence-corrected chi connectivity index (χ4v) is 4.15. The van der Waals surface area contributed by atoms with Crippen LogP contribution >= 0.6 is 23.2 Å². The predicted molar refractivity (Wildman–Crippen MR) is 121 cm³/mol. The number of hydrogen-bond donors (Lipinski definition) is 1. The third-order valence-corrected chi connectivity index (χ3v) is 5.95. The summed E-state index contributed by atoms with van der Waals surface area (Å²) in [6.07, 6.45) is 0. The minimum atomic E-state index is 0.129. The molecule has 0 spiro atoms. The van der Waals surface area contributed by atoms with Gasteiger partial charge in [-0.15, -0.1) is 0 Å². The summed E-state index contributed by atoms with van der Waals surface area (Å²) in [6, 6.07) is 16.9. The molecule has 0 fully saturated rings. The van der Waals surface area contributed by atoms with Crippen molar-refractivity contribution in [3.8, 4) is 16.9 Å². The lowest BCUT2D eigenvalue weighted by molar-refractivity contribution is 0.484. The third kappa shape index (κ3) is 2.81. The van der Waals surface area contributed by atoms with Crippen molar-refractivity contribution in [2.45, 2.75) is 13.8 Å². The summed E-state index contributed by atoms with van der Waals surface area (Å²) in [7, 11) is 0. The minimum absolute atomic E-state index is 0.129. The zero-order chi connectivity index (χ0) is 20.3. The maximum absolute atomic E-state index is 11.3. The summed E-state index contributed by atoms with van der Waals surface area (Å²) < 4.78 is 0. The third-order valence-electron chi connectivity index (χ3n) is 5.39. The molecule has 3 nitrogen and oxygen atoms in total. The van der Waals surface area contributed by atoms with E-state index in [4.69, 9.17) is 33.2 Å². The second-order valence-electron chi connectivity index (χ2n) is 7.24. The highest BCUT2D eigenvalue weighted by Gasteiger charge is 2.21. The highest BCUT2D eigenvalue weighted by molar-refractivity contribution is 6.36. The number of hydrogen-bond acceptors (Lipinski definition) is 3. The van der Waals surface area contributed by atoms with E-state index in [1.165, 1.54) is 0 Å². The number of nitrogens with zero attached hydrogens (tertiary/aromatic N) is 2. The van der Waals surface area contributed by atoms with Crippen LogP contribution in [0.5, 0.6) is 5.75 Å². The Labute approximate surface area is 177 Å². The zero-order valence-corrected chi connectivity index (χ0v) is 17.3. The van der Waals surface area contributed by atoms with Gasteiger partial charge in [-0.2, -0.15) is 0 Å². The number of phenols is 1. The SMILES string of the molecule is Cc1cc2c(O)c(-c3cc(Cl)ccc3Cl)c3nc4ccccc4nc3c2cc1C. The lowest BCUT2D eigenvalue weighted by Gasteiger charge is -2.16. The number of aryl methyl sites for hydroxylation is 2. The molecular formula is C24H16Cl2N2O. The number of phenolic OH excluding ortho intramolecular Hbond substituents is 1. The Hall–Kier alpha value is -2.88. The normalized spacial score (nSPS) is 11.6. The summed E-state index contributed by atoms with van der Waals surface area (Å²) in [5, 5.41) is 13.9. The lowest BCUT2D eigenvalue weighted by atomic mass is 9.94. The van der Waals surface area contributed by atoms with E-state index in [9.17, 15) is 5.11 Å². The first-order valence-electron chi connectivity index (χ1n) is 9.22. The van der Waals surface area contributed by atoms with E-state index in [2.05, 4.69) is 6.07 Å². The Morgan fingerprint density at radius 3 is 2.07 bits per heavy atom. The molecule has 1 N–H and O–H groups in total. The number of para-hydroxylation sites is 2. The van der Waals surface area contributed by atoms with E-state index in [1.54, 1.807) is 18.2 Å². The van der Waals surface area contributed by atoms with Crippen molar-refractivity contribution in [3.63, 3.8) is 0 Å². The fraction of sp³-hybridized carbons (Fsp3) is 0.0833. The zero-order valence-electron chi connectivity index (χ0n) is 15.8. The smallest absolute Gasteiger partial charge is 0.133 e. The Kier molecular flexibility index (Phi) is 4.12. The average Bonchev–Trinajstić information content (AvgIpc) is 2.71. The second kappa shape index (κ2) is 6.58. The molecule has 5 rings (SSSR count). The van der Waals surface area contributed by atoms with Crippen LogP contribution in [0.2, 0.25) is 10.0 Å². The van der Waals surface area contributed by atoms with Gasteiger partial charge in [0.05, 0.1) is 22.1 Å². The van der Waals surface area contributed by atoms with Gasteiger partial charge in [0.25, 0.3) is 0 Å². The highest BCUT2D eigenvalue weighted by atomic mass is 35.5. The largest absolute Gasteiger partial charge is 0.507 e.